The summed E-state index contributed by atoms with van der Waals surface area (Å²) in [7, 11) is 0. The van der Waals surface area contributed by atoms with E-state index in [9.17, 15) is 9.59 Å². The third-order valence-corrected chi connectivity index (χ3v) is 5.81. The van der Waals surface area contributed by atoms with Gasteiger partial charge >= 0.3 is 0 Å². The van der Waals surface area contributed by atoms with Crippen molar-refractivity contribution in [2.75, 3.05) is 0 Å². The standard InChI is InChI=1S/C21H13ClN4O2S/c22-14-6-4-13(5-7-14)16-11-29-20-19(16)21(28)25(12-23-20)10-15-9-18(27)26-8-2-1-3-17(26)24-15/h1-9,11-12H,10H2. The van der Waals surface area contributed by atoms with E-state index in [4.69, 9.17) is 11.6 Å². The van der Waals surface area contributed by atoms with E-state index in [-0.39, 0.29) is 17.7 Å². The van der Waals surface area contributed by atoms with Crippen molar-refractivity contribution in [2.24, 2.45) is 0 Å². The Labute approximate surface area is 173 Å². The molecule has 0 atom stereocenters. The van der Waals surface area contributed by atoms with Crippen LogP contribution >= 0.6 is 22.9 Å². The van der Waals surface area contributed by atoms with Crippen LogP contribution < -0.4 is 11.1 Å². The lowest BCUT2D eigenvalue weighted by Crippen LogP contribution is -2.23. The Balaban J connectivity index is 1.62. The van der Waals surface area contributed by atoms with Gasteiger partial charge in [0.1, 0.15) is 10.5 Å². The number of aromatic nitrogens is 4. The van der Waals surface area contributed by atoms with Crippen molar-refractivity contribution >= 4 is 38.8 Å². The van der Waals surface area contributed by atoms with Crippen LogP contribution in [0.2, 0.25) is 5.02 Å². The third kappa shape index (κ3) is 3.14. The number of fused-ring (bicyclic) bond motifs is 2. The second-order valence-electron chi connectivity index (χ2n) is 6.53. The summed E-state index contributed by atoms with van der Waals surface area (Å²) in [6.45, 7) is 0.165. The van der Waals surface area contributed by atoms with Crippen molar-refractivity contribution in [2.45, 2.75) is 6.54 Å². The lowest BCUT2D eigenvalue weighted by Gasteiger charge is -2.07. The minimum absolute atomic E-state index is 0.165. The molecule has 0 unspecified atom stereocenters. The SMILES string of the molecule is O=c1c2c(-c3ccc(Cl)cc3)csc2ncn1Cc1cc(=O)n2ccccc2n1. The number of pyridine rings is 1. The van der Waals surface area contributed by atoms with Crippen LogP contribution in [0, 0.1) is 0 Å². The van der Waals surface area contributed by atoms with Crippen LogP contribution in [0.25, 0.3) is 27.0 Å². The lowest BCUT2D eigenvalue weighted by atomic mass is 10.1. The highest BCUT2D eigenvalue weighted by atomic mass is 35.5. The maximum absolute atomic E-state index is 13.2. The lowest BCUT2D eigenvalue weighted by molar-refractivity contribution is 0.727. The van der Waals surface area contributed by atoms with E-state index in [2.05, 4.69) is 9.97 Å². The van der Waals surface area contributed by atoms with Gasteiger partial charge in [-0.2, -0.15) is 0 Å². The van der Waals surface area contributed by atoms with Gasteiger partial charge in [0.25, 0.3) is 11.1 Å². The molecule has 6 nitrogen and oxygen atoms in total. The fourth-order valence-corrected chi connectivity index (χ4v) is 4.31. The summed E-state index contributed by atoms with van der Waals surface area (Å²) < 4.78 is 2.95. The maximum Gasteiger partial charge on any atom is 0.263 e. The predicted molar refractivity (Wildman–Crippen MR) is 115 cm³/mol. The van der Waals surface area contributed by atoms with Crippen LogP contribution in [-0.4, -0.2) is 18.9 Å². The van der Waals surface area contributed by atoms with Gasteiger partial charge in [-0.05, 0) is 29.8 Å². The first-order valence-electron chi connectivity index (χ1n) is 8.80. The van der Waals surface area contributed by atoms with Crippen LogP contribution in [0.3, 0.4) is 0 Å². The van der Waals surface area contributed by atoms with E-state index in [0.29, 0.717) is 26.6 Å². The van der Waals surface area contributed by atoms with Gasteiger partial charge in [-0.3, -0.25) is 18.6 Å². The molecule has 1 aromatic carbocycles. The predicted octanol–water partition coefficient (Wildman–Crippen LogP) is 3.83. The summed E-state index contributed by atoms with van der Waals surface area (Å²) in [6, 6.07) is 14.1. The number of hydrogen-bond donors (Lipinski definition) is 0. The zero-order valence-corrected chi connectivity index (χ0v) is 16.5. The summed E-state index contributed by atoms with van der Waals surface area (Å²) in [4.78, 5) is 35.1. The molecule has 4 heterocycles. The Kier molecular flexibility index (Phi) is 4.26. The van der Waals surface area contributed by atoms with Gasteiger partial charge in [-0.15, -0.1) is 11.3 Å². The molecule has 0 N–H and O–H groups in total. The first kappa shape index (κ1) is 17.8. The Morgan fingerprint density at radius 3 is 2.72 bits per heavy atom. The number of thiophene rings is 1. The van der Waals surface area contributed by atoms with Gasteiger partial charge in [0, 0.05) is 28.2 Å². The summed E-state index contributed by atoms with van der Waals surface area (Å²) in [5.74, 6) is 0. The van der Waals surface area contributed by atoms with Crippen molar-refractivity contribution in [3.05, 3.63) is 97.9 Å². The highest BCUT2D eigenvalue weighted by Gasteiger charge is 2.14. The fourth-order valence-electron chi connectivity index (χ4n) is 3.28. The van der Waals surface area contributed by atoms with E-state index < -0.39 is 0 Å². The molecule has 0 bridgehead atoms. The van der Waals surface area contributed by atoms with Crippen molar-refractivity contribution in [1.82, 2.24) is 18.9 Å². The van der Waals surface area contributed by atoms with Gasteiger partial charge in [0.15, 0.2) is 0 Å². The molecule has 0 aliphatic heterocycles. The molecule has 5 aromatic rings. The van der Waals surface area contributed by atoms with E-state index in [0.717, 1.165) is 11.1 Å². The van der Waals surface area contributed by atoms with E-state index in [1.165, 1.54) is 32.7 Å². The molecule has 142 valence electrons. The Morgan fingerprint density at radius 2 is 1.90 bits per heavy atom. The highest BCUT2D eigenvalue weighted by molar-refractivity contribution is 7.17. The topological polar surface area (TPSA) is 69.3 Å². The fraction of sp³-hybridized carbons (Fsp3) is 0.0476. The van der Waals surface area contributed by atoms with Crippen LogP contribution in [0.1, 0.15) is 5.69 Å². The minimum atomic E-state index is -0.190. The largest absolute Gasteiger partial charge is 0.293 e. The molecule has 0 saturated heterocycles. The summed E-state index contributed by atoms with van der Waals surface area (Å²) in [5, 5.41) is 3.11. The Morgan fingerprint density at radius 1 is 1.07 bits per heavy atom. The first-order valence-corrected chi connectivity index (χ1v) is 10.1. The molecule has 0 spiro atoms. The van der Waals surface area contributed by atoms with Crippen LogP contribution in [-0.2, 0) is 6.54 Å². The summed E-state index contributed by atoms with van der Waals surface area (Å²) >= 11 is 7.40. The first-order chi connectivity index (χ1) is 14.1. The smallest absolute Gasteiger partial charge is 0.263 e. The number of hydrogen-bond acceptors (Lipinski definition) is 5. The molecule has 0 saturated carbocycles. The second-order valence-corrected chi connectivity index (χ2v) is 7.82. The molecule has 0 aliphatic rings. The van der Waals surface area contributed by atoms with E-state index in [1.54, 1.807) is 30.5 Å². The normalized spacial score (nSPS) is 11.3. The van der Waals surface area contributed by atoms with Gasteiger partial charge < -0.3 is 0 Å². The zero-order valence-electron chi connectivity index (χ0n) is 14.9. The minimum Gasteiger partial charge on any atom is -0.293 e. The molecule has 0 amide bonds. The molecule has 0 aliphatic carbocycles. The number of benzene rings is 1. The number of nitrogens with zero attached hydrogens (tertiary/aromatic N) is 4. The van der Waals surface area contributed by atoms with Gasteiger partial charge in [-0.1, -0.05) is 29.8 Å². The summed E-state index contributed by atoms with van der Waals surface area (Å²) in [5.41, 5.74) is 2.41. The third-order valence-electron chi connectivity index (χ3n) is 4.67. The van der Waals surface area contributed by atoms with Crippen molar-refractivity contribution in [1.29, 1.82) is 0 Å². The highest BCUT2D eigenvalue weighted by Crippen LogP contribution is 2.31. The van der Waals surface area contributed by atoms with Crippen molar-refractivity contribution in [3.63, 3.8) is 0 Å². The van der Waals surface area contributed by atoms with Crippen LogP contribution in [0.15, 0.2) is 76.0 Å². The van der Waals surface area contributed by atoms with Gasteiger partial charge in [0.2, 0.25) is 0 Å². The molecular weight excluding hydrogens is 408 g/mol. The molecule has 0 fully saturated rings. The summed E-state index contributed by atoms with van der Waals surface area (Å²) in [6.07, 6.45) is 3.17. The average Bonchev–Trinajstić information content (AvgIpc) is 3.16. The second kappa shape index (κ2) is 6.95. The van der Waals surface area contributed by atoms with Crippen molar-refractivity contribution in [3.8, 4) is 11.1 Å². The molecule has 4 aromatic heterocycles. The molecular formula is C21H13ClN4O2S. The molecule has 8 heteroatoms. The maximum atomic E-state index is 13.2. The Bertz CT molecular complexity index is 1490. The monoisotopic (exact) mass is 420 g/mol. The van der Waals surface area contributed by atoms with E-state index >= 15 is 0 Å². The molecule has 0 radical (unpaired) electrons. The van der Waals surface area contributed by atoms with Crippen LogP contribution in [0.5, 0.6) is 0 Å². The molecule has 5 rings (SSSR count). The number of rotatable bonds is 3. The zero-order chi connectivity index (χ0) is 20.0. The number of halogens is 1. The van der Waals surface area contributed by atoms with Crippen LogP contribution in [0.4, 0.5) is 0 Å². The quantitative estimate of drug-likeness (QED) is 0.444. The average molecular weight is 421 g/mol. The van der Waals surface area contributed by atoms with Gasteiger partial charge in [0.05, 0.1) is 24.0 Å². The van der Waals surface area contributed by atoms with E-state index in [1.807, 2.05) is 23.6 Å². The Hall–Kier alpha value is -3.29. The molecule has 29 heavy (non-hydrogen) atoms. The van der Waals surface area contributed by atoms with Crippen molar-refractivity contribution < 1.29 is 0 Å². The van der Waals surface area contributed by atoms with Gasteiger partial charge in [-0.25, -0.2) is 9.97 Å².